The van der Waals surface area contributed by atoms with E-state index in [1.54, 1.807) is 19.9 Å². The van der Waals surface area contributed by atoms with Crippen molar-refractivity contribution in [3.8, 4) is 0 Å². The molecule has 10 heteroatoms. The van der Waals surface area contributed by atoms with Crippen molar-refractivity contribution in [2.75, 3.05) is 18.4 Å². The summed E-state index contributed by atoms with van der Waals surface area (Å²) in [4.78, 5) is 12.8. The van der Waals surface area contributed by atoms with Crippen molar-refractivity contribution in [2.45, 2.75) is 42.7 Å². The molecular weight excluding hydrogens is 448 g/mol. The third kappa shape index (κ3) is 4.85. The van der Waals surface area contributed by atoms with Gasteiger partial charge in [0.05, 0.1) is 31.3 Å². The SMILES string of the molecule is CCN(CC)S(=O)(=O)c1ccc(Cl)c(NC(=O)c2ccccc2S(=O)(=O)C(C)C)c1. The monoisotopic (exact) mass is 472 g/mol. The van der Waals surface area contributed by atoms with Gasteiger partial charge in [-0.25, -0.2) is 16.8 Å². The first kappa shape index (κ1) is 24.3. The molecule has 164 valence electrons. The molecule has 0 fully saturated rings. The fourth-order valence-corrected chi connectivity index (χ4v) is 5.71. The van der Waals surface area contributed by atoms with Crippen molar-refractivity contribution < 1.29 is 21.6 Å². The first-order valence-corrected chi connectivity index (χ1v) is 12.8. The molecule has 0 aliphatic carbocycles. The first-order chi connectivity index (χ1) is 14.0. The van der Waals surface area contributed by atoms with Crippen LogP contribution in [0.2, 0.25) is 5.02 Å². The topological polar surface area (TPSA) is 101 Å². The van der Waals surface area contributed by atoms with Crippen molar-refractivity contribution in [1.82, 2.24) is 4.31 Å². The van der Waals surface area contributed by atoms with Crippen LogP contribution in [0.15, 0.2) is 52.3 Å². The summed E-state index contributed by atoms with van der Waals surface area (Å²) < 4.78 is 52.0. The molecule has 0 aliphatic rings. The summed E-state index contributed by atoms with van der Waals surface area (Å²) in [6.07, 6.45) is 0. The Labute approximate surface area is 183 Å². The van der Waals surface area contributed by atoms with Gasteiger partial charge >= 0.3 is 0 Å². The second-order valence-electron chi connectivity index (χ2n) is 6.78. The number of carbonyl (C=O) groups is 1. The number of amides is 1. The summed E-state index contributed by atoms with van der Waals surface area (Å²) in [6, 6.07) is 9.87. The molecule has 0 atom stereocenters. The lowest BCUT2D eigenvalue weighted by Crippen LogP contribution is -2.30. The third-order valence-corrected chi connectivity index (χ3v) is 9.17. The third-order valence-electron chi connectivity index (χ3n) is 4.59. The van der Waals surface area contributed by atoms with Gasteiger partial charge < -0.3 is 5.32 Å². The highest BCUT2D eigenvalue weighted by Crippen LogP contribution is 2.28. The fraction of sp³-hybridized carbons (Fsp3) is 0.350. The molecule has 0 saturated heterocycles. The molecule has 2 rings (SSSR count). The maximum Gasteiger partial charge on any atom is 0.257 e. The molecule has 0 radical (unpaired) electrons. The first-order valence-electron chi connectivity index (χ1n) is 9.40. The van der Waals surface area contributed by atoms with Crippen LogP contribution in [-0.4, -0.2) is 45.4 Å². The molecule has 0 aromatic heterocycles. The number of hydrogen-bond donors (Lipinski definition) is 1. The van der Waals surface area contributed by atoms with E-state index in [0.29, 0.717) is 13.1 Å². The summed E-state index contributed by atoms with van der Waals surface area (Å²) in [5.41, 5.74) is 0.0333. The normalized spacial score (nSPS) is 12.4. The van der Waals surface area contributed by atoms with Crippen LogP contribution in [0.3, 0.4) is 0 Å². The Bertz CT molecular complexity index is 1140. The van der Waals surface area contributed by atoms with E-state index in [1.807, 2.05) is 0 Å². The Balaban J connectivity index is 2.47. The lowest BCUT2D eigenvalue weighted by atomic mass is 10.2. The highest BCUT2D eigenvalue weighted by Gasteiger charge is 2.26. The molecule has 7 nitrogen and oxygen atoms in total. The zero-order chi connectivity index (χ0) is 22.7. The van der Waals surface area contributed by atoms with Crippen LogP contribution in [0.25, 0.3) is 0 Å². The van der Waals surface area contributed by atoms with Gasteiger partial charge in [-0.2, -0.15) is 4.31 Å². The fourth-order valence-electron chi connectivity index (χ4n) is 2.82. The number of sulfone groups is 1. The minimum absolute atomic E-state index is 0.0195. The predicted octanol–water partition coefficient (Wildman–Crippen LogP) is 3.80. The number of sulfonamides is 1. The van der Waals surface area contributed by atoms with E-state index in [0.717, 1.165) is 0 Å². The minimum Gasteiger partial charge on any atom is -0.321 e. The van der Waals surface area contributed by atoms with Gasteiger partial charge in [-0.05, 0) is 44.2 Å². The summed E-state index contributed by atoms with van der Waals surface area (Å²) in [5.74, 6) is -0.700. The van der Waals surface area contributed by atoms with Gasteiger partial charge in [0.25, 0.3) is 5.91 Å². The van der Waals surface area contributed by atoms with Crippen molar-refractivity contribution in [3.05, 3.63) is 53.1 Å². The second kappa shape index (κ2) is 9.47. The lowest BCUT2D eigenvalue weighted by Gasteiger charge is -2.19. The molecule has 2 aromatic rings. The van der Waals surface area contributed by atoms with Crippen LogP contribution < -0.4 is 5.32 Å². The Kier molecular flexibility index (Phi) is 7.68. The van der Waals surface area contributed by atoms with E-state index < -0.39 is 31.0 Å². The molecule has 0 heterocycles. The van der Waals surface area contributed by atoms with Crippen LogP contribution >= 0.6 is 11.6 Å². The largest absolute Gasteiger partial charge is 0.321 e. The van der Waals surface area contributed by atoms with Gasteiger partial charge in [0, 0.05) is 13.1 Å². The van der Waals surface area contributed by atoms with Gasteiger partial charge in [-0.3, -0.25) is 4.79 Å². The smallest absolute Gasteiger partial charge is 0.257 e. The Morgan fingerprint density at radius 2 is 1.63 bits per heavy atom. The van der Waals surface area contributed by atoms with E-state index in [2.05, 4.69) is 5.32 Å². The molecule has 0 saturated carbocycles. The number of hydrogen-bond acceptors (Lipinski definition) is 5. The van der Waals surface area contributed by atoms with Crippen LogP contribution in [0.1, 0.15) is 38.1 Å². The Hall–Kier alpha value is -1.94. The van der Waals surface area contributed by atoms with Crippen LogP contribution in [0.4, 0.5) is 5.69 Å². The number of anilines is 1. The van der Waals surface area contributed by atoms with Gasteiger partial charge in [-0.1, -0.05) is 37.6 Å². The number of rotatable bonds is 8. The lowest BCUT2D eigenvalue weighted by molar-refractivity contribution is 0.102. The van der Waals surface area contributed by atoms with E-state index in [9.17, 15) is 21.6 Å². The Morgan fingerprint density at radius 3 is 2.20 bits per heavy atom. The average molecular weight is 473 g/mol. The zero-order valence-electron chi connectivity index (χ0n) is 17.2. The molecule has 1 amide bonds. The average Bonchev–Trinajstić information content (AvgIpc) is 2.70. The number of nitrogens with one attached hydrogen (secondary N) is 1. The minimum atomic E-state index is -3.76. The van der Waals surface area contributed by atoms with Crippen LogP contribution in [-0.2, 0) is 19.9 Å². The highest BCUT2D eigenvalue weighted by molar-refractivity contribution is 7.92. The summed E-state index contributed by atoms with van der Waals surface area (Å²) in [6.45, 7) is 7.11. The van der Waals surface area contributed by atoms with E-state index in [-0.39, 0.29) is 26.1 Å². The number of nitrogens with zero attached hydrogens (tertiary/aromatic N) is 1. The van der Waals surface area contributed by atoms with Crippen LogP contribution in [0.5, 0.6) is 0 Å². The predicted molar refractivity (Wildman–Crippen MR) is 118 cm³/mol. The number of benzene rings is 2. The maximum atomic E-state index is 12.9. The van der Waals surface area contributed by atoms with Crippen molar-refractivity contribution in [1.29, 1.82) is 0 Å². The highest BCUT2D eigenvalue weighted by atomic mass is 35.5. The molecule has 0 bridgehead atoms. The quantitative estimate of drug-likeness (QED) is 0.629. The molecule has 0 aliphatic heterocycles. The zero-order valence-corrected chi connectivity index (χ0v) is 19.6. The van der Waals surface area contributed by atoms with Gasteiger partial charge in [0.15, 0.2) is 9.84 Å². The molecule has 0 unspecified atom stereocenters. The van der Waals surface area contributed by atoms with Crippen molar-refractivity contribution in [3.63, 3.8) is 0 Å². The molecule has 30 heavy (non-hydrogen) atoms. The van der Waals surface area contributed by atoms with Gasteiger partial charge in [0.1, 0.15) is 0 Å². The van der Waals surface area contributed by atoms with E-state index in [1.165, 1.54) is 54.6 Å². The van der Waals surface area contributed by atoms with Gasteiger partial charge in [-0.15, -0.1) is 0 Å². The number of carbonyl (C=O) groups excluding carboxylic acids is 1. The maximum absolute atomic E-state index is 12.9. The summed E-state index contributed by atoms with van der Waals surface area (Å²) in [5, 5.41) is 1.97. The standard InChI is InChI=1S/C20H25ClN2O5S2/c1-5-23(6-2)30(27,28)15-11-12-17(21)18(13-15)22-20(24)16-9-7-8-10-19(16)29(25,26)14(3)4/h7-14H,5-6H2,1-4H3,(H,22,24). The molecule has 2 aromatic carbocycles. The number of halogens is 1. The Morgan fingerprint density at radius 1 is 1.03 bits per heavy atom. The molecule has 1 N–H and O–H groups in total. The molecule has 0 spiro atoms. The van der Waals surface area contributed by atoms with E-state index >= 15 is 0 Å². The van der Waals surface area contributed by atoms with Gasteiger partial charge in [0.2, 0.25) is 10.0 Å². The summed E-state index contributed by atoms with van der Waals surface area (Å²) >= 11 is 6.16. The van der Waals surface area contributed by atoms with Crippen molar-refractivity contribution in [2.24, 2.45) is 0 Å². The second-order valence-corrected chi connectivity index (χ2v) is 11.6. The van der Waals surface area contributed by atoms with Crippen LogP contribution in [0, 0.1) is 0 Å². The summed E-state index contributed by atoms with van der Waals surface area (Å²) in [7, 11) is -7.46. The molecular formula is C20H25ClN2O5S2. The van der Waals surface area contributed by atoms with E-state index in [4.69, 9.17) is 11.6 Å². The van der Waals surface area contributed by atoms with Crippen molar-refractivity contribution >= 4 is 43.1 Å².